The summed E-state index contributed by atoms with van der Waals surface area (Å²) in [7, 11) is 1.51. The third kappa shape index (κ3) is 4.76. The lowest BCUT2D eigenvalue weighted by atomic mass is 10.1. The first-order valence-corrected chi connectivity index (χ1v) is 13.5. The molecule has 0 atom stereocenters. The molecule has 1 amide bonds. The minimum atomic E-state index is -0.568. The minimum absolute atomic E-state index is 0.0116. The van der Waals surface area contributed by atoms with Crippen molar-refractivity contribution in [3.8, 4) is 5.69 Å². The molecule has 0 unspecified atom stereocenters. The van der Waals surface area contributed by atoms with Crippen LogP contribution < -0.4 is 27.4 Å². The van der Waals surface area contributed by atoms with E-state index in [0.29, 0.717) is 37.3 Å². The van der Waals surface area contributed by atoms with Crippen LogP contribution in [-0.2, 0) is 23.0 Å². The number of aromatic nitrogens is 3. The predicted octanol–water partition coefficient (Wildman–Crippen LogP) is 2.74. The maximum Gasteiger partial charge on any atom is 0.336 e. The number of rotatable bonds is 7. The van der Waals surface area contributed by atoms with Crippen molar-refractivity contribution in [1.82, 2.24) is 19.0 Å². The molecule has 1 saturated heterocycles. The van der Waals surface area contributed by atoms with Crippen LogP contribution in [0.3, 0.4) is 0 Å². The van der Waals surface area contributed by atoms with Gasteiger partial charge in [-0.2, -0.15) is 0 Å². The van der Waals surface area contributed by atoms with Gasteiger partial charge in [-0.15, -0.1) is 0 Å². The highest BCUT2D eigenvalue weighted by Crippen LogP contribution is 2.34. The summed E-state index contributed by atoms with van der Waals surface area (Å²) in [5, 5.41) is 5.97. The highest BCUT2D eigenvalue weighted by molar-refractivity contribution is 5.93. The van der Waals surface area contributed by atoms with E-state index in [1.807, 2.05) is 0 Å². The summed E-state index contributed by atoms with van der Waals surface area (Å²) in [5.41, 5.74) is 0.665. The highest BCUT2D eigenvalue weighted by Gasteiger charge is 2.32. The third-order valence-electron chi connectivity index (χ3n) is 7.67. The molecule has 2 fully saturated rings. The summed E-state index contributed by atoms with van der Waals surface area (Å²) in [4.78, 5) is 54.0. The van der Waals surface area contributed by atoms with Crippen LogP contribution >= 0.6 is 0 Å². The molecule has 10 nitrogen and oxygen atoms in total. The molecule has 2 aromatic carbocycles. The first-order valence-electron chi connectivity index (χ1n) is 13.5. The van der Waals surface area contributed by atoms with Crippen LogP contribution in [-0.4, -0.2) is 38.9 Å². The predicted molar refractivity (Wildman–Crippen MR) is 153 cm³/mol. The fourth-order valence-electron chi connectivity index (χ4n) is 5.29. The second-order valence-corrected chi connectivity index (χ2v) is 10.8. The number of nitrogens with one attached hydrogen (secondary N) is 2. The summed E-state index contributed by atoms with van der Waals surface area (Å²) in [6.07, 6.45) is 1.43. The molecule has 6 rings (SSSR count). The van der Waals surface area contributed by atoms with Gasteiger partial charge in [0.2, 0.25) is 5.91 Å². The zero-order chi connectivity index (χ0) is 29.0. The van der Waals surface area contributed by atoms with Gasteiger partial charge in [0, 0.05) is 18.7 Å². The molecular formula is C30H30FN5O5. The molecule has 1 saturated carbocycles. The van der Waals surface area contributed by atoms with Gasteiger partial charge in [0.25, 0.3) is 11.1 Å². The number of halogens is 1. The monoisotopic (exact) mass is 559 g/mol. The Kier molecular flexibility index (Phi) is 6.61. The Balaban J connectivity index is 1.58. The van der Waals surface area contributed by atoms with Crippen molar-refractivity contribution in [2.24, 2.45) is 7.05 Å². The molecule has 2 N–H and O–H groups in total. The number of nitrogens with zero attached hydrogens (tertiary/aromatic N) is 3. The number of hydrogen-bond acceptors (Lipinski definition) is 6. The fourth-order valence-corrected chi connectivity index (χ4v) is 5.29. The SMILES string of the molecule is Cc1ccc(Nc2c3c(=O)n(C4CC4)c(=O)n(-c4cccc(CC(=O)NC5COC5)c4)c3c(C)c(=O)n2C)c(F)c1. The molecule has 0 spiro atoms. The molecule has 11 heteroatoms. The first-order chi connectivity index (χ1) is 19.6. The van der Waals surface area contributed by atoms with Crippen LogP contribution in [0.1, 0.15) is 35.6 Å². The van der Waals surface area contributed by atoms with Crippen molar-refractivity contribution in [3.63, 3.8) is 0 Å². The van der Waals surface area contributed by atoms with Gasteiger partial charge in [0.1, 0.15) is 17.0 Å². The number of benzene rings is 2. The van der Waals surface area contributed by atoms with Gasteiger partial charge in [0.15, 0.2) is 0 Å². The largest absolute Gasteiger partial charge is 0.377 e. The van der Waals surface area contributed by atoms with Crippen LogP contribution in [0.5, 0.6) is 0 Å². The van der Waals surface area contributed by atoms with E-state index in [1.54, 1.807) is 50.2 Å². The molecule has 4 aromatic rings. The van der Waals surface area contributed by atoms with E-state index < -0.39 is 22.6 Å². The molecule has 2 aromatic heterocycles. The zero-order valence-electron chi connectivity index (χ0n) is 23.0. The summed E-state index contributed by atoms with van der Waals surface area (Å²) in [5.74, 6) is -0.626. The Morgan fingerprint density at radius 1 is 1.05 bits per heavy atom. The Morgan fingerprint density at radius 2 is 1.80 bits per heavy atom. The summed E-state index contributed by atoms with van der Waals surface area (Å²) in [6, 6.07) is 11.3. The normalized spacial score (nSPS) is 15.1. The van der Waals surface area contributed by atoms with Crippen molar-refractivity contribution < 1.29 is 13.9 Å². The molecule has 0 bridgehead atoms. The molecule has 212 valence electrons. The van der Waals surface area contributed by atoms with Gasteiger partial charge >= 0.3 is 5.69 Å². The lowest BCUT2D eigenvalue weighted by Crippen LogP contribution is -2.49. The van der Waals surface area contributed by atoms with E-state index in [2.05, 4.69) is 10.6 Å². The van der Waals surface area contributed by atoms with E-state index in [9.17, 15) is 23.6 Å². The number of fused-ring (bicyclic) bond motifs is 1. The number of carbonyl (C=O) groups excluding carboxylic acids is 1. The maximum atomic E-state index is 14.9. The van der Waals surface area contributed by atoms with Crippen molar-refractivity contribution in [3.05, 3.63) is 96.2 Å². The lowest BCUT2D eigenvalue weighted by Gasteiger charge is -2.26. The third-order valence-corrected chi connectivity index (χ3v) is 7.67. The van der Waals surface area contributed by atoms with Crippen molar-refractivity contribution in [2.45, 2.75) is 45.2 Å². The van der Waals surface area contributed by atoms with Gasteiger partial charge in [-0.1, -0.05) is 18.2 Å². The summed E-state index contributed by atoms with van der Waals surface area (Å²) < 4.78 is 23.9. The standard InChI is InChI=1S/C30H30FN5O5/c1-16-7-10-23(22(31)11-16)33-27-25-26(17(2)28(38)34(27)3)35(30(40)36(29(25)39)20-8-9-20)21-6-4-5-18(12-21)13-24(37)32-19-14-41-15-19/h4-7,10-12,19-20,33H,8-9,13-15H2,1-3H3,(H,32,37). The summed E-state index contributed by atoms with van der Waals surface area (Å²) in [6.45, 7) is 4.28. The zero-order valence-corrected chi connectivity index (χ0v) is 23.0. The number of hydrogen-bond donors (Lipinski definition) is 2. The Bertz CT molecular complexity index is 1900. The molecule has 2 aliphatic rings. The number of anilines is 2. The van der Waals surface area contributed by atoms with Gasteiger partial charge < -0.3 is 15.4 Å². The Labute approximate surface area is 234 Å². The Hall–Kier alpha value is -4.51. The maximum absolute atomic E-state index is 14.9. The first kappa shape index (κ1) is 26.7. The lowest BCUT2D eigenvalue weighted by molar-refractivity contribution is -0.124. The fraction of sp³-hybridized carbons (Fsp3) is 0.333. The number of amides is 1. The van der Waals surface area contributed by atoms with Crippen LogP contribution in [0.15, 0.2) is 56.8 Å². The number of carbonyl (C=O) groups is 1. The molecule has 1 aliphatic carbocycles. The van der Waals surface area contributed by atoms with Gasteiger partial charge in [-0.25, -0.2) is 9.18 Å². The van der Waals surface area contributed by atoms with Crippen LogP contribution in [0, 0.1) is 19.7 Å². The Morgan fingerprint density at radius 3 is 2.46 bits per heavy atom. The van der Waals surface area contributed by atoms with Crippen molar-refractivity contribution in [1.29, 1.82) is 0 Å². The molecule has 3 heterocycles. The number of aryl methyl sites for hydroxylation is 2. The van der Waals surface area contributed by atoms with Gasteiger partial charge in [0.05, 0.1) is 42.6 Å². The second kappa shape index (κ2) is 10.2. The average molecular weight is 560 g/mol. The van der Waals surface area contributed by atoms with Crippen molar-refractivity contribution >= 4 is 28.3 Å². The smallest absolute Gasteiger partial charge is 0.336 e. The van der Waals surface area contributed by atoms with Crippen LogP contribution in [0.25, 0.3) is 16.6 Å². The van der Waals surface area contributed by atoms with Crippen molar-refractivity contribution in [2.75, 3.05) is 18.5 Å². The minimum Gasteiger partial charge on any atom is -0.377 e. The molecular weight excluding hydrogens is 529 g/mol. The average Bonchev–Trinajstić information content (AvgIpc) is 3.74. The van der Waals surface area contributed by atoms with Gasteiger partial charge in [-0.05, 0) is 62.1 Å². The highest BCUT2D eigenvalue weighted by atomic mass is 19.1. The van der Waals surface area contributed by atoms with E-state index in [4.69, 9.17) is 4.74 Å². The molecule has 41 heavy (non-hydrogen) atoms. The quantitative estimate of drug-likeness (QED) is 0.360. The molecule has 1 aliphatic heterocycles. The summed E-state index contributed by atoms with van der Waals surface area (Å²) >= 11 is 0. The van der Waals surface area contributed by atoms with E-state index in [-0.39, 0.29) is 52.4 Å². The van der Waals surface area contributed by atoms with Crippen LogP contribution in [0.2, 0.25) is 0 Å². The van der Waals surface area contributed by atoms with E-state index >= 15 is 0 Å². The van der Waals surface area contributed by atoms with E-state index in [1.165, 1.54) is 26.8 Å². The van der Waals surface area contributed by atoms with Gasteiger partial charge in [-0.3, -0.25) is 28.1 Å². The number of pyridine rings is 1. The second-order valence-electron chi connectivity index (χ2n) is 10.8. The van der Waals surface area contributed by atoms with E-state index in [0.717, 1.165) is 5.56 Å². The molecule has 0 radical (unpaired) electrons. The topological polar surface area (TPSA) is 116 Å². The van der Waals surface area contributed by atoms with Crippen LogP contribution in [0.4, 0.5) is 15.9 Å². The number of ether oxygens (including phenoxy) is 1.